The molecule has 1 aromatic carbocycles. The average molecular weight is 388 g/mol. The lowest BCUT2D eigenvalue weighted by Crippen LogP contribution is -2.42. The fourth-order valence-corrected chi connectivity index (χ4v) is 3.25. The van der Waals surface area contributed by atoms with Gasteiger partial charge in [0.2, 0.25) is 11.8 Å². The van der Waals surface area contributed by atoms with E-state index >= 15 is 0 Å². The largest absolute Gasteiger partial charge is 0.481 e. The number of hydrogen-bond acceptors (Lipinski definition) is 4. The number of pyridine rings is 1. The van der Waals surface area contributed by atoms with Crippen molar-refractivity contribution in [2.75, 3.05) is 20.2 Å². The number of amides is 2. The first kappa shape index (κ1) is 19.2. The minimum Gasteiger partial charge on any atom is -0.481 e. The summed E-state index contributed by atoms with van der Waals surface area (Å²) in [5.74, 6) is 0.442. The number of piperidine rings is 1. The highest BCUT2D eigenvalue weighted by Crippen LogP contribution is 2.20. The number of halogens is 1. The molecule has 0 aliphatic carbocycles. The van der Waals surface area contributed by atoms with E-state index < -0.39 is 0 Å². The normalized spacial score (nSPS) is 14.7. The molecular formula is C20H22ClN3O3. The van der Waals surface area contributed by atoms with Crippen LogP contribution in [0.3, 0.4) is 0 Å². The van der Waals surface area contributed by atoms with Crippen molar-refractivity contribution < 1.29 is 14.3 Å². The van der Waals surface area contributed by atoms with Gasteiger partial charge >= 0.3 is 0 Å². The molecule has 0 spiro atoms. The topological polar surface area (TPSA) is 71.5 Å². The molecule has 1 saturated heterocycles. The fraction of sp³-hybridized carbons (Fsp3) is 0.350. The van der Waals surface area contributed by atoms with Crippen molar-refractivity contribution in [1.82, 2.24) is 15.2 Å². The number of nitrogens with zero attached hydrogens (tertiary/aromatic N) is 2. The van der Waals surface area contributed by atoms with E-state index in [2.05, 4.69) is 10.3 Å². The summed E-state index contributed by atoms with van der Waals surface area (Å²) in [6.45, 7) is 1.58. The molecule has 0 bridgehead atoms. The maximum atomic E-state index is 12.5. The van der Waals surface area contributed by atoms with E-state index in [4.69, 9.17) is 16.3 Å². The number of ether oxygens (including phenoxy) is 1. The van der Waals surface area contributed by atoms with Crippen LogP contribution >= 0.6 is 11.6 Å². The molecule has 0 saturated carbocycles. The summed E-state index contributed by atoms with van der Waals surface area (Å²) in [5, 5.41) is 3.57. The average Bonchev–Trinajstić information content (AvgIpc) is 2.72. The van der Waals surface area contributed by atoms with E-state index in [1.165, 1.54) is 0 Å². The van der Waals surface area contributed by atoms with Crippen LogP contribution in [0.25, 0.3) is 0 Å². The highest BCUT2D eigenvalue weighted by atomic mass is 35.5. The minimum absolute atomic E-state index is 0.0179. The third-order valence-corrected chi connectivity index (χ3v) is 4.97. The second-order valence-corrected chi connectivity index (χ2v) is 6.93. The van der Waals surface area contributed by atoms with Crippen LogP contribution in [0.2, 0.25) is 5.02 Å². The van der Waals surface area contributed by atoms with E-state index in [9.17, 15) is 9.59 Å². The van der Waals surface area contributed by atoms with Crippen LogP contribution in [0.4, 0.5) is 0 Å². The second-order valence-electron chi connectivity index (χ2n) is 6.50. The first-order chi connectivity index (χ1) is 13.1. The van der Waals surface area contributed by atoms with Gasteiger partial charge in [-0.3, -0.25) is 9.59 Å². The maximum absolute atomic E-state index is 12.5. The van der Waals surface area contributed by atoms with Gasteiger partial charge in [-0.15, -0.1) is 0 Å². The Morgan fingerprint density at radius 3 is 2.59 bits per heavy atom. The molecule has 1 N–H and O–H groups in total. The van der Waals surface area contributed by atoms with E-state index in [1.807, 2.05) is 6.07 Å². The predicted molar refractivity (Wildman–Crippen MR) is 103 cm³/mol. The molecule has 0 radical (unpaired) electrons. The molecule has 2 aromatic rings. The summed E-state index contributed by atoms with van der Waals surface area (Å²) in [7, 11) is 1.56. The first-order valence-electron chi connectivity index (χ1n) is 8.88. The van der Waals surface area contributed by atoms with Crippen molar-refractivity contribution in [2.24, 2.45) is 5.92 Å². The van der Waals surface area contributed by atoms with Gasteiger partial charge in [0, 0.05) is 48.4 Å². The monoisotopic (exact) mass is 387 g/mol. The second kappa shape index (κ2) is 8.86. The summed E-state index contributed by atoms with van der Waals surface area (Å²) < 4.78 is 5.09. The van der Waals surface area contributed by atoms with Crippen LogP contribution in [0.1, 0.15) is 28.8 Å². The van der Waals surface area contributed by atoms with Crippen molar-refractivity contribution in [3.8, 4) is 5.88 Å². The smallest absolute Gasteiger partial charge is 0.253 e. The number of benzene rings is 1. The zero-order valence-electron chi connectivity index (χ0n) is 15.2. The third kappa shape index (κ3) is 4.98. The standard InChI is InChI=1S/C20H22ClN3O3/c1-27-18-12-14(6-9-22-18)13-23-19(25)15-7-10-24(11-8-15)20(26)16-2-4-17(21)5-3-16/h2-6,9,12,15H,7-8,10-11,13H2,1H3,(H,23,25). The van der Waals surface area contributed by atoms with Gasteiger partial charge in [0.1, 0.15) is 0 Å². The Kier molecular flexibility index (Phi) is 6.29. The number of carbonyl (C=O) groups excluding carboxylic acids is 2. The number of likely N-dealkylation sites (tertiary alicyclic amines) is 1. The van der Waals surface area contributed by atoms with Gasteiger partial charge in [0.25, 0.3) is 5.91 Å². The Hall–Kier alpha value is -2.60. The van der Waals surface area contributed by atoms with Gasteiger partial charge < -0.3 is 15.0 Å². The van der Waals surface area contributed by atoms with E-state index in [0.29, 0.717) is 48.9 Å². The molecule has 1 aromatic heterocycles. The third-order valence-electron chi connectivity index (χ3n) is 4.72. The molecule has 142 valence electrons. The lowest BCUT2D eigenvalue weighted by atomic mass is 9.95. The van der Waals surface area contributed by atoms with Gasteiger partial charge in [-0.1, -0.05) is 11.6 Å². The first-order valence-corrected chi connectivity index (χ1v) is 9.26. The zero-order valence-corrected chi connectivity index (χ0v) is 15.9. The number of hydrogen-bond donors (Lipinski definition) is 1. The number of methoxy groups -OCH3 is 1. The number of aromatic nitrogens is 1. The number of nitrogens with one attached hydrogen (secondary N) is 1. The molecule has 0 atom stereocenters. The molecule has 3 rings (SSSR count). The fourth-order valence-electron chi connectivity index (χ4n) is 3.13. The van der Waals surface area contributed by atoms with Crippen molar-refractivity contribution in [2.45, 2.75) is 19.4 Å². The van der Waals surface area contributed by atoms with E-state index in [-0.39, 0.29) is 17.7 Å². The lowest BCUT2D eigenvalue weighted by molar-refractivity contribution is -0.126. The van der Waals surface area contributed by atoms with Crippen LogP contribution in [0.5, 0.6) is 5.88 Å². The van der Waals surface area contributed by atoms with E-state index in [1.54, 1.807) is 48.5 Å². The van der Waals surface area contributed by atoms with Crippen LogP contribution in [-0.4, -0.2) is 41.9 Å². The molecule has 2 heterocycles. The van der Waals surface area contributed by atoms with Crippen molar-refractivity contribution in [1.29, 1.82) is 0 Å². The molecule has 0 unspecified atom stereocenters. The number of rotatable bonds is 5. The molecule has 2 amide bonds. The molecular weight excluding hydrogens is 366 g/mol. The highest BCUT2D eigenvalue weighted by molar-refractivity contribution is 6.30. The van der Waals surface area contributed by atoms with Gasteiger partial charge in [0.15, 0.2) is 0 Å². The Labute approximate surface area is 163 Å². The van der Waals surface area contributed by atoms with Crippen molar-refractivity contribution in [3.05, 3.63) is 58.7 Å². The number of carbonyl (C=O) groups is 2. The molecule has 27 heavy (non-hydrogen) atoms. The Morgan fingerprint density at radius 2 is 1.93 bits per heavy atom. The Morgan fingerprint density at radius 1 is 1.22 bits per heavy atom. The van der Waals surface area contributed by atoms with Gasteiger partial charge in [-0.25, -0.2) is 4.98 Å². The van der Waals surface area contributed by atoms with E-state index in [0.717, 1.165) is 5.56 Å². The van der Waals surface area contributed by atoms with Crippen LogP contribution in [0.15, 0.2) is 42.6 Å². The van der Waals surface area contributed by atoms with Crippen molar-refractivity contribution in [3.63, 3.8) is 0 Å². The molecule has 6 nitrogen and oxygen atoms in total. The molecule has 7 heteroatoms. The quantitative estimate of drug-likeness (QED) is 0.856. The Balaban J connectivity index is 1.48. The van der Waals surface area contributed by atoms with Crippen LogP contribution < -0.4 is 10.1 Å². The highest BCUT2D eigenvalue weighted by Gasteiger charge is 2.27. The van der Waals surface area contributed by atoms with Crippen LogP contribution in [0, 0.1) is 5.92 Å². The van der Waals surface area contributed by atoms with Gasteiger partial charge in [-0.05, 0) is 48.7 Å². The van der Waals surface area contributed by atoms with Crippen LogP contribution in [-0.2, 0) is 11.3 Å². The molecule has 1 aliphatic rings. The van der Waals surface area contributed by atoms with Crippen molar-refractivity contribution >= 4 is 23.4 Å². The minimum atomic E-state index is -0.0806. The van der Waals surface area contributed by atoms with Gasteiger partial charge in [0.05, 0.1) is 7.11 Å². The summed E-state index contributed by atoms with van der Waals surface area (Å²) in [4.78, 5) is 30.8. The lowest BCUT2D eigenvalue weighted by Gasteiger charge is -2.31. The summed E-state index contributed by atoms with van der Waals surface area (Å²) >= 11 is 5.87. The SMILES string of the molecule is COc1cc(CNC(=O)C2CCN(C(=O)c3ccc(Cl)cc3)CC2)ccn1. The predicted octanol–water partition coefficient (Wildman–Crippen LogP) is 2.91. The molecule has 1 aliphatic heterocycles. The summed E-state index contributed by atoms with van der Waals surface area (Å²) in [5.41, 5.74) is 1.56. The zero-order chi connectivity index (χ0) is 19.2. The maximum Gasteiger partial charge on any atom is 0.253 e. The van der Waals surface area contributed by atoms with Gasteiger partial charge in [-0.2, -0.15) is 0 Å². The molecule has 1 fully saturated rings. The summed E-state index contributed by atoms with van der Waals surface area (Å²) in [6, 6.07) is 10.5. The summed E-state index contributed by atoms with van der Waals surface area (Å²) in [6.07, 6.45) is 2.97. The Bertz CT molecular complexity index is 802.